The van der Waals surface area contributed by atoms with Gasteiger partial charge in [-0.1, -0.05) is 28.1 Å². The fourth-order valence-electron chi connectivity index (χ4n) is 4.34. The van der Waals surface area contributed by atoms with Gasteiger partial charge in [-0.2, -0.15) is 5.10 Å². The van der Waals surface area contributed by atoms with Crippen LogP contribution in [0.15, 0.2) is 83.5 Å². The third-order valence-electron chi connectivity index (χ3n) is 6.18. The van der Waals surface area contributed by atoms with Crippen molar-refractivity contribution in [3.05, 3.63) is 100 Å². The van der Waals surface area contributed by atoms with Crippen molar-refractivity contribution in [3.63, 3.8) is 0 Å². The Labute approximate surface area is 221 Å². The van der Waals surface area contributed by atoms with Gasteiger partial charge in [-0.15, -0.1) is 0 Å². The van der Waals surface area contributed by atoms with Crippen LogP contribution in [-0.2, 0) is 11.2 Å². The minimum atomic E-state index is -0.794. The summed E-state index contributed by atoms with van der Waals surface area (Å²) in [7, 11) is 0. The molecule has 10 heteroatoms. The Kier molecular flexibility index (Phi) is 7.33. The van der Waals surface area contributed by atoms with Crippen LogP contribution < -0.4 is 11.1 Å². The first-order valence-corrected chi connectivity index (χ1v) is 12.5. The van der Waals surface area contributed by atoms with Gasteiger partial charge in [0, 0.05) is 34.0 Å². The van der Waals surface area contributed by atoms with Crippen LogP contribution in [0.5, 0.6) is 0 Å². The average molecular weight is 566 g/mol. The summed E-state index contributed by atoms with van der Waals surface area (Å²) < 4.78 is 22.4. The van der Waals surface area contributed by atoms with Gasteiger partial charge in [0.25, 0.3) is 0 Å². The molecule has 1 unspecified atom stereocenters. The molecule has 1 aliphatic heterocycles. The predicted octanol–water partition coefficient (Wildman–Crippen LogP) is 4.82. The Morgan fingerprint density at radius 2 is 1.81 bits per heavy atom. The number of nitrogens with two attached hydrogens (primary N) is 1. The molecule has 0 radical (unpaired) electrons. The number of primary amides is 1. The van der Waals surface area contributed by atoms with Crippen LogP contribution in [0.3, 0.4) is 0 Å². The van der Waals surface area contributed by atoms with Crippen LogP contribution in [0.1, 0.15) is 17.4 Å². The lowest BCUT2D eigenvalue weighted by Crippen LogP contribution is -2.34. The molecule has 5 rings (SSSR count). The zero-order valence-corrected chi connectivity index (χ0v) is 21.3. The summed E-state index contributed by atoms with van der Waals surface area (Å²) in [6, 6.07) is 20.7. The first-order valence-electron chi connectivity index (χ1n) is 11.7. The fourth-order valence-corrected chi connectivity index (χ4v) is 4.61. The second-order valence-corrected chi connectivity index (χ2v) is 9.62. The maximum absolute atomic E-state index is 13.7. The topological polar surface area (TPSA) is 106 Å². The van der Waals surface area contributed by atoms with E-state index < -0.39 is 18.5 Å². The quantitative estimate of drug-likeness (QED) is 0.298. The molecule has 0 bridgehead atoms. The molecule has 37 heavy (non-hydrogen) atoms. The predicted molar refractivity (Wildman–Crippen MR) is 141 cm³/mol. The van der Waals surface area contributed by atoms with Crippen molar-refractivity contribution in [1.29, 1.82) is 0 Å². The van der Waals surface area contributed by atoms with Crippen LogP contribution in [0.25, 0.3) is 16.9 Å². The van der Waals surface area contributed by atoms with E-state index in [2.05, 4.69) is 21.2 Å². The number of anilines is 1. The molecule has 2 atom stereocenters. The summed E-state index contributed by atoms with van der Waals surface area (Å²) in [4.78, 5) is 12.9. The molecule has 0 spiro atoms. The number of rotatable bonds is 7. The lowest BCUT2D eigenvalue weighted by molar-refractivity contribution is -0.000585. The summed E-state index contributed by atoms with van der Waals surface area (Å²) in [6.45, 7) is 0.666. The number of nitrogens with zero attached hydrogens (tertiary/aromatic N) is 3. The Morgan fingerprint density at radius 1 is 1.11 bits per heavy atom. The summed E-state index contributed by atoms with van der Waals surface area (Å²) in [5.74, 6) is -0.330. The maximum atomic E-state index is 13.7. The molecular weight excluding hydrogens is 541 g/mol. The molecular formula is C27H25BrFN5O3. The molecule has 0 saturated carbocycles. The van der Waals surface area contributed by atoms with Gasteiger partial charge in [0.1, 0.15) is 18.3 Å². The van der Waals surface area contributed by atoms with Crippen molar-refractivity contribution in [1.82, 2.24) is 14.7 Å². The summed E-state index contributed by atoms with van der Waals surface area (Å²) >= 11 is 3.46. The molecule has 2 amide bonds. The van der Waals surface area contributed by atoms with Gasteiger partial charge in [0.2, 0.25) is 0 Å². The van der Waals surface area contributed by atoms with Crippen molar-refractivity contribution in [2.75, 3.05) is 18.5 Å². The number of urea groups is 1. The Bertz CT molecular complexity index is 1380. The number of aliphatic hydroxyl groups is 1. The number of aromatic nitrogens is 2. The third kappa shape index (κ3) is 5.72. The molecule has 0 aliphatic carbocycles. The maximum Gasteiger partial charge on any atom is 0.316 e. The minimum absolute atomic E-state index is 0.151. The number of aliphatic hydroxyl groups excluding tert-OH is 1. The summed E-state index contributed by atoms with van der Waals surface area (Å²) in [6.07, 6.45) is 1.19. The number of hydrogen-bond donors (Lipinski definition) is 3. The highest BCUT2D eigenvalue weighted by atomic mass is 79.9. The van der Waals surface area contributed by atoms with Crippen molar-refractivity contribution in [3.8, 4) is 16.9 Å². The van der Waals surface area contributed by atoms with Crippen LogP contribution in [0.4, 0.5) is 14.9 Å². The first-order chi connectivity index (χ1) is 17.9. The van der Waals surface area contributed by atoms with Crippen molar-refractivity contribution < 1.29 is 19.0 Å². The molecule has 190 valence electrons. The fraction of sp³-hybridized carbons (Fsp3) is 0.185. The minimum Gasteiger partial charge on any atom is -0.376 e. The van der Waals surface area contributed by atoms with E-state index >= 15 is 0 Å². The zero-order chi connectivity index (χ0) is 25.9. The zero-order valence-electron chi connectivity index (χ0n) is 19.7. The number of halogens is 2. The van der Waals surface area contributed by atoms with E-state index in [0.717, 1.165) is 26.9 Å². The molecule has 4 N–H and O–H groups in total. The molecule has 8 nitrogen and oxygen atoms in total. The third-order valence-corrected chi connectivity index (χ3v) is 6.71. The smallest absolute Gasteiger partial charge is 0.316 e. The standard InChI is InChI=1S/C27H25BrFN5O3/c28-19-5-11-22(12-6-19)34-15-23(25(32-34)18-3-7-20(29)8-4-18)26-33(24(35)16-37-26)14-13-17-1-9-21(10-2-17)31-27(30)36/h1-12,15,24,26,35H,13-14,16H2,(H3,30,31,36)/t24?,26-/m1/s1. The van der Waals surface area contributed by atoms with Gasteiger partial charge in [0.15, 0.2) is 0 Å². The Balaban J connectivity index is 1.43. The largest absolute Gasteiger partial charge is 0.376 e. The van der Waals surface area contributed by atoms with Gasteiger partial charge in [-0.3, -0.25) is 0 Å². The van der Waals surface area contributed by atoms with Crippen LogP contribution in [-0.4, -0.2) is 45.2 Å². The van der Waals surface area contributed by atoms with E-state index in [1.54, 1.807) is 28.9 Å². The normalized spacial score (nSPS) is 17.7. The van der Waals surface area contributed by atoms with Crippen molar-refractivity contribution >= 4 is 27.6 Å². The lowest BCUT2D eigenvalue weighted by Gasteiger charge is -2.25. The molecule has 1 saturated heterocycles. The molecule has 4 aromatic rings. The van der Waals surface area contributed by atoms with E-state index in [1.807, 2.05) is 47.5 Å². The van der Waals surface area contributed by atoms with E-state index in [4.69, 9.17) is 15.6 Å². The van der Waals surface area contributed by atoms with Gasteiger partial charge >= 0.3 is 6.03 Å². The highest BCUT2D eigenvalue weighted by molar-refractivity contribution is 9.10. The highest BCUT2D eigenvalue weighted by Crippen LogP contribution is 2.36. The SMILES string of the molecule is NC(=O)Nc1ccc(CCN2C(O)CO[C@@H]2c2cn(-c3ccc(Br)cc3)nc2-c2ccc(F)cc2)cc1. The average Bonchev–Trinajstić information content (AvgIpc) is 3.48. The number of amides is 2. The van der Waals surface area contributed by atoms with Crippen molar-refractivity contribution in [2.24, 2.45) is 5.73 Å². The van der Waals surface area contributed by atoms with Gasteiger partial charge in [-0.05, 0) is 72.6 Å². The van der Waals surface area contributed by atoms with Crippen LogP contribution in [0, 0.1) is 5.82 Å². The highest BCUT2D eigenvalue weighted by Gasteiger charge is 2.36. The van der Waals surface area contributed by atoms with E-state index in [-0.39, 0.29) is 12.4 Å². The van der Waals surface area contributed by atoms with Crippen molar-refractivity contribution in [2.45, 2.75) is 18.9 Å². The molecule has 3 aromatic carbocycles. The second-order valence-electron chi connectivity index (χ2n) is 8.70. The molecule has 1 fully saturated rings. The van der Waals surface area contributed by atoms with E-state index in [0.29, 0.717) is 24.3 Å². The lowest BCUT2D eigenvalue weighted by atomic mass is 10.1. The molecule has 1 aliphatic rings. The van der Waals surface area contributed by atoms with Crippen LogP contribution >= 0.6 is 15.9 Å². The van der Waals surface area contributed by atoms with Crippen LogP contribution in [0.2, 0.25) is 0 Å². The number of carbonyl (C=O) groups excluding carboxylic acids is 1. The molecule has 1 aromatic heterocycles. The second kappa shape index (κ2) is 10.8. The first kappa shape index (κ1) is 25.1. The van der Waals surface area contributed by atoms with E-state index in [9.17, 15) is 14.3 Å². The van der Waals surface area contributed by atoms with Gasteiger partial charge in [-0.25, -0.2) is 18.8 Å². The summed E-state index contributed by atoms with van der Waals surface area (Å²) in [5, 5.41) is 18.1. The monoisotopic (exact) mass is 565 g/mol. The van der Waals surface area contributed by atoms with Gasteiger partial charge in [0.05, 0.1) is 18.0 Å². The number of nitrogens with one attached hydrogen (secondary N) is 1. The number of benzene rings is 3. The Morgan fingerprint density at radius 3 is 2.49 bits per heavy atom. The number of carbonyl (C=O) groups is 1. The molecule has 2 heterocycles. The number of hydrogen-bond acceptors (Lipinski definition) is 5. The summed E-state index contributed by atoms with van der Waals surface area (Å²) in [5.41, 5.74) is 9.83. The van der Waals surface area contributed by atoms with Gasteiger partial charge < -0.3 is 20.9 Å². The van der Waals surface area contributed by atoms with E-state index in [1.165, 1.54) is 12.1 Å². The number of ether oxygens (including phenoxy) is 1. The Hall–Kier alpha value is -3.57.